The Morgan fingerprint density at radius 2 is 1.75 bits per heavy atom. The summed E-state index contributed by atoms with van der Waals surface area (Å²) in [4.78, 5) is 32.4. The van der Waals surface area contributed by atoms with Crippen molar-refractivity contribution in [3.8, 4) is 5.75 Å². The van der Waals surface area contributed by atoms with Crippen LogP contribution < -0.4 is 4.74 Å². The number of aliphatic hydroxyl groups excluding tert-OH is 1. The van der Waals surface area contributed by atoms with Gasteiger partial charge < -0.3 is 9.84 Å². The van der Waals surface area contributed by atoms with Gasteiger partial charge in [-0.05, 0) is 24.1 Å². The number of hydrogen-bond acceptors (Lipinski definition) is 6. The summed E-state index contributed by atoms with van der Waals surface area (Å²) in [5, 5.41) is 10.9. The van der Waals surface area contributed by atoms with Crippen LogP contribution in [0.3, 0.4) is 0 Å². The minimum Gasteiger partial charge on any atom is -0.496 e. The lowest BCUT2D eigenvalue weighted by Crippen LogP contribution is -2.81. The molecule has 3 aliphatic heterocycles. The van der Waals surface area contributed by atoms with Crippen LogP contribution in [0.25, 0.3) is 0 Å². The van der Waals surface area contributed by atoms with E-state index in [0.29, 0.717) is 37.6 Å². The van der Waals surface area contributed by atoms with E-state index in [1.165, 1.54) is 4.90 Å². The Hall–Kier alpha value is -2.45. The van der Waals surface area contributed by atoms with Gasteiger partial charge in [0, 0.05) is 36.8 Å². The van der Waals surface area contributed by atoms with Crippen molar-refractivity contribution in [2.75, 3.05) is 26.7 Å². The molecule has 0 radical (unpaired) electrons. The Morgan fingerprint density at radius 3 is 2.47 bits per heavy atom. The molecule has 5 rings (SSSR count). The van der Waals surface area contributed by atoms with E-state index in [4.69, 9.17) is 16.3 Å². The highest BCUT2D eigenvalue weighted by molar-refractivity contribution is 6.31. The molecular formula is C24H26ClN3O4. The van der Waals surface area contributed by atoms with Gasteiger partial charge in [0.25, 0.3) is 5.91 Å². The molecule has 0 saturated carbocycles. The third kappa shape index (κ3) is 3.40. The number of likely N-dealkylation sites (tertiary alicyclic amines) is 1. The van der Waals surface area contributed by atoms with Crippen LogP contribution in [0.15, 0.2) is 48.5 Å². The molecule has 32 heavy (non-hydrogen) atoms. The summed E-state index contributed by atoms with van der Waals surface area (Å²) < 4.78 is 5.46. The lowest BCUT2D eigenvalue weighted by atomic mass is 9.82. The Kier molecular flexibility index (Phi) is 5.45. The van der Waals surface area contributed by atoms with Crippen molar-refractivity contribution in [2.24, 2.45) is 0 Å². The van der Waals surface area contributed by atoms with Crippen molar-refractivity contribution in [3.63, 3.8) is 0 Å². The molecule has 0 aromatic heterocycles. The number of rotatable bonds is 5. The number of nitrogens with zero attached hydrogens (tertiary/aromatic N) is 3. The molecule has 3 heterocycles. The topological polar surface area (TPSA) is 73.3 Å². The number of carbonyl (C=O) groups is 2. The number of fused-ring (bicyclic) bond motifs is 2. The lowest BCUT2D eigenvalue weighted by molar-refractivity contribution is -0.181. The van der Waals surface area contributed by atoms with Gasteiger partial charge in [-0.2, -0.15) is 0 Å². The average molecular weight is 456 g/mol. The minimum absolute atomic E-state index is 0.145. The predicted octanol–water partition coefficient (Wildman–Crippen LogP) is 1.91. The first-order valence-electron chi connectivity index (χ1n) is 10.8. The van der Waals surface area contributed by atoms with Crippen molar-refractivity contribution in [1.82, 2.24) is 14.7 Å². The monoisotopic (exact) mass is 455 g/mol. The summed E-state index contributed by atoms with van der Waals surface area (Å²) in [6, 6.07) is 14.6. The summed E-state index contributed by atoms with van der Waals surface area (Å²) >= 11 is 6.31. The zero-order valence-corrected chi connectivity index (χ0v) is 18.7. The number of methoxy groups -OCH3 is 1. The first kappa shape index (κ1) is 21.4. The van der Waals surface area contributed by atoms with E-state index in [2.05, 4.69) is 4.90 Å². The van der Waals surface area contributed by atoms with Crippen LogP contribution in [0.1, 0.15) is 17.5 Å². The number of carbonyl (C=O) groups excluding carboxylic acids is 2. The molecule has 1 N–H and O–H groups in total. The number of amides is 2. The molecule has 3 saturated heterocycles. The molecule has 2 unspecified atom stereocenters. The van der Waals surface area contributed by atoms with Gasteiger partial charge in [-0.15, -0.1) is 0 Å². The van der Waals surface area contributed by atoms with E-state index in [-0.39, 0.29) is 18.4 Å². The number of aliphatic hydroxyl groups is 1. The number of halogens is 1. The highest BCUT2D eigenvalue weighted by Crippen LogP contribution is 2.42. The third-order valence-electron chi connectivity index (χ3n) is 6.87. The van der Waals surface area contributed by atoms with Crippen LogP contribution in [-0.2, 0) is 22.7 Å². The van der Waals surface area contributed by atoms with E-state index < -0.39 is 17.7 Å². The van der Waals surface area contributed by atoms with Crippen LogP contribution in [-0.4, -0.2) is 76.0 Å². The Morgan fingerprint density at radius 1 is 1.06 bits per heavy atom. The number of piperazine rings is 1. The molecule has 2 atom stereocenters. The van der Waals surface area contributed by atoms with Crippen molar-refractivity contribution < 1.29 is 19.4 Å². The van der Waals surface area contributed by atoms with Crippen molar-refractivity contribution >= 4 is 23.4 Å². The Bertz CT molecular complexity index is 1060. The molecule has 2 aromatic carbocycles. The molecule has 2 aromatic rings. The zero-order valence-electron chi connectivity index (χ0n) is 17.9. The smallest absolute Gasteiger partial charge is 0.252 e. The van der Waals surface area contributed by atoms with E-state index in [0.717, 1.165) is 16.9 Å². The number of ether oxygens (including phenoxy) is 1. The van der Waals surface area contributed by atoms with Gasteiger partial charge in [-0.3, -0.25) is 24.3 Å². The second-order valence-corrected chi connectivity index (χ2v) is 9.27. The molecular weight excluding hydrogens is 430 g/mol. The van der Waals surface area contributed by atoms with Crippen LogP contribution in [0, 0.1) is 0 Å². The summed E-state index contributed by atoms with van der Waals surface area (Å²) in [6.07, 6.45) is -0.267. The summed E-state index contributed by atoms with van der Waals surface area (Å²) in [5.74, 6) is 0.359. The third-order valence-corrected chi connectivity index (χ3v) is 7.23. The molecule has 7 nitrogen and oxygen atoms in total. The van der Waals surface area contributed by atoms with Crippen LogP contribution in [0.5, 0.6) is 5.75 Å². The largest absolute Gasteiger partial charge is 0.496 e. The van der Waals surface area contributed by atoms with Crippen molar-refractivity contribution in [2.45, 2.75) is 37.2 Å². The molecule has 8 heteroatoms. The highest BCUT2D eigenvalue weighted by atomic mass is 35.5. The summed E-state index contributed by atoms with van der Waals surface area (Å²) in [7, 11) is 1.65. The maximum atomic E-state index is 13.7. The SMILES string of the molecule is COc1ccccc1CN1CC2(C1)C(=O)N(Cc1ccccc1Cl)C(=O)C1CC(O)CN12. The molecule has 1 spiro atoms. The molecule has 3 fully saturated rings. The maximum Gasteiger partial charge on any atom is 0.252 e. The predicted molar refractivity (Wildman–Crippen MR) is 119 cm³/mol. The Labute approximate surface area is 192 Å². The average Bonchev–Trinajstić information content (AvgIpc) is 3.16. The van der Waals surface area contributed by atoms with Gasteiger partial charge >= 0.3 is 0 Å². The first-order valence-corrected chi connectivity index (χ1v) is 11.2. The number of para-hydroxylation sites is 1. The number of imide groups is 1. The van der Waals surface area contributed by atoms with Gasteiger partial charge in [0.1, 0.15) is 11.3 Å². The van der Waals surface area contributed by atoms with Gasteiger partial charge in [-0.1, -0.05) is 48.0 Å². The summed E-state index contributed by atoms with van der Waals surface area (Å²) in [6.45, 7) is 2.13. The first-order chi connectivity index (χ1) is 15.4. The molecule has 2 amide bonds. The van der Waals surface area contributed by atoms with Crippen molar-refractivity contribution in [3.05, 3.63) is 64.7 Å². The summed E-state index contributed by atoms with van der Waals surface area (Å²) in [5.41, 5.74) is 0.984. The van der Waals surface area contributed by atoms with Gasteiger partial charge in [0.15, 0.2) is 0 Å². The van der Waals surface area contributed by atoms with Crippen molar-refractivity contribution in [1.29, 1.82) is 0 Å². The van der Waals surface area contributed by atoms with Crippen LogP contribution in [0.2, 0.25) is 5.02 Å². The maximum absolute atomic E-state index is 13.7. The van der Waals surface area contributed by atoms with E-state index in [9.17, 15) is 14.7 Å². The fourth-order valence-electron chi connectivity index (χ4n) is 5.32. The van der Waals surface area contributed by atoms with Gasteiger partial charge in [0.05, 0.1) is 25.8 Å². The normalized spacial score (nSPS) is 25.2. The van der Waals surface area contributed by atoms with Gasteiger partial charge in [-0.25, -0.2) is 0 Å². The molecule has 0 bridgehead atoms. The second-order valence-electron chi connectivity index (χ2n) is 8.87. The number of hydrogen-bond donors (Lipinski definition) is 1. The highest BCUT2D eigenvalue weighted by Gasteiger charge is 2.64. The zero-order chi connectivity index (χ0) is 22.5. The quantitative estimate of drug-likeness (QED) is 0.694. The molecule has 0 aliphatic carbocycles. The number of β-amino-alcohol motifs (C(OH)–C–C–N with tert-alkyl or cyclic N) is 1. The fourth-order valence-corrected chi connectivity index (χ4v) is 5.51. The van der Waals surface area contributed by atoms with Crippen LogP contribution in [0.4, 0.5) is 0 Å². The fraction of sp³-hybridized carbons (Fsp3) is 0.417. The van der Waals surface area contributed by atoms with E-state index in [1.54, 1.807) is 13.2 Å². The lowest BCUT2D eigenvalue weighted by Gasteiger charge is -2.58. The second kappa shape index (κ2) is 8.15. The number of benzene rings is 2. The van der Waals surface area contributed by atoms with E-state index in [1.807, 2.05) is 47.4 Å². The standard InChI is InChI=1S/C24H26ClN3O4/c1-32-21-9-5-3-7-17(21)11-26-14-24(15-26)23(31)27(12-16-6-2-4-8-19(16)25)22(30)20-10-18(29)13-28(20)24/h2-9,18,20,29H,10-15H2,1H3. The Balaban J connectivity index is 1.40. The molecule has 3 aliphatic rings. The van der Waals surface area contributed by atoms with E-state index >= 15 is 0 Å². The molecule has 168 valence electrons. The van der Waals surface area contributed by atoms with Crippen LogP contribution >= 0.6 is 11.6 Å². The van der Waals surface area contributed by atoms with Gasteiger partial charge in [0.2, 0.25) is 5.91 Å². The minimum atomic E-state index is -0.806.